The van der Waals surface area contributed by atoms with E-state index in [0.717, 1.165) is 31.1 Å². The molecule has 1 heterocycles. The average Bonchev–Trinajstić information content (AvgIpc) is 2.76. The third-order valence-electron chi connectivity index (χ3n) is 4.73. The van der Waals surface area contributed by atoms with Gasteiger partial charge >= 0.3 is 0 Å². The first-order chi connectivity index (χ1) is 7.33. The lowest BCUT2D eigenvalue weighted by Gasteiger charge is -2.30. The molecule has 2 heteroatoms. The van der Waals surface area contributed by atoms with E-state index in [4.69, 9.17) is 0 Å². The normalized spacial score (nSPS) is 42.1. The number of hydrogen-bond donors (Lipinski definition) is 0. The van der Waals surface area contributed by atoms with Gasteiger partial charge in [-0.05, 0) is 37.5 Å². The molecule has 0 aromatic carbocycles. The summed E-state index contributed by atoms with van der Waals surface area (Å²) in [4.78, 5) is 14.1. The van der Waals surface area contributed by atoms with Crippen LogP contribution in [0, 0.1) is 11.8 Å². The van der Waals surface area contributed by atoms with Crippen LogP contribution < -0.4 is 0 Å². The zero-order chi connectivity index (χ0) is 10.3. The van der Waals surface area contributed by atoms with Crippen LogP contribution in [0.3, 0.4) is 0 Å². The molecular weight excluding hydrogens is 186 g/mol. The number of likely N-dealkylation sites (tertiary alicyclic amines) is 1. The molecule has 15 heavy (non-hydrogen) atoms. The predicted molar refractivity (Wildman–Crippen MR) is 59.7 cm³/mol. The fraction of sp³-hybridized carbons (Fsp3) is 0.923. The molecule has 1 saturated heterocycles. The van der Waals surface area contributed by atoms with Crippen molar-refractivity contribution in [3.05, 3.63) is 0 Å². The number of Topliss-reactive ketones (excluding diaryl/α,β-unsaturated/α-hetero) is 1. The summed E-state index contributed by atoms with van der Waals surface area (Å²) in [5, 5.41) is 0. The maximum Gasteiger partial charge on any atom is 0.134 e. The van der Waals surface area contributed by atoms with Crippen LogP contribution in [0.5, 0.6) is 0 Å². The molecule has 0 radical (unpaired) electrons. The van der Waals surface area contributed by atoms with Gasteiger partial charge in [0.2, 0.25) is 0 Å². The smallest absolute Gasteiger partial charge is 0.134 e. The van der Waals surface area contributed by atoms with E-state index in [1.54, 1.807) is 0 Å². The van der Waals surface area contributed by atoms with Gasteiger partial charge in [-0.3, -0.25) is 9.69 Å². The molecule has 0 aromatic heterocycles. The third kappa shape index (κ3) is 1.84. The summed E-state index contributed by atoms with van der Waals surface area (Å²) in [5.41, 5.74) is 0. The maximum atomic E-state index is 11.5. The second-order valence-corrected chi connectivity index (χ2v) is 5.69. The van der Waals surface area contributed by atoms with Gasteiger partial charge in [0.05, 0.1) is 0 Å². The van der Waals surface area contributed by atoms with E-state index in [1.165, 1.54) is 38.8 Å². The van der Waals surface area contributed by atoms with Crippen molar-refractivity contribution in [2.75, 3.05) is 13.1 Å². The highest BCUT2D eigenvalue weighted by atomic mass is 16.1. The molecule has 2 nitrogen and oxygen atoms in total. The second-order valence-electron chi connectivity index (χ2n) is 5.69. The Kier molecular flexibility index (Phi) is 2.55. The maximum absolute atomic E-state index is 11.5. The Morgan fingerprint density at radius 3 is 2.40 bits per heavy atom. The van der Waals surface area contributed by atoms with E-state index in [-0.39, 0.29) is 0 Å². The van der Waals surface area contributed by atoms with Gasteiger partial charge in [0.15, 0.2) is 0 Å². The van der Waals surface area contributed by atoms with Crippen molar-refractivity contribution in [3.63, 3.8) is 0 Å². The first-order valence-electron chi connectivity index (χ1n) is 6.58. The van der Waals surface area contributed by atoms with Crippen LogP contribution >= 0.6 is 0 Å². The molecule has 3 atom stereocenters. The zero-order valence-electron chi connectivity index (χ0n) is 9.45. The van der Waals surface area contributed by atoms with Crippen LogP contribution in [0.15, 0.2) is 0 Å². The molecule has 2 aliphatic carbocycles. The molecule has 0 amide bonds. The average molecular weight is 207 g/mol. The fourth-order valence-corrected chi connectivity index (χ4v) is 3.88. The molecule has 0 aromatic rings. The molecule has 3 fully saturated rings. The minimum atomic E-state index is 0.503. The van der Waals surface area contributed by atoms with Crippen molar-refractivity contribution in [1.82, 2.24) is 4.90 Å². The van der Waals surface area contributed by atoms with E-state index in [2.05, 4.69) is 4.90 Å². The number of rotatable bonds is 1. The van der Waals surface area contributed by atoms with Crippen LogP contribution in [-0.4, -0.2) is 29.8 Å². The van der Waals surface area contributed by atoms with E-state index >= 15 is 0 Å². The van der Waals surface area contributed by atoms with Crippen molar-refractivity contribution in [2.24, 2.45) is 11.8 Å². The molecular formula is C13H21NO. The highest BCUT2D eigenvalue weighted by molar-refractivity contribution is 5.79. The largest absolute Gasteiger partial charge is 0.300 e. The number of ketones is 1. The van der Waals surface area contributed by atoms with Crippen LogP contribution in [0.2, 0.25) is 0 Å². The Bertz CT molecular complexity index is 251. The summed E-state index contributed by atoms with van der Waals surface area (Å²) in [5.74, 6) is 2.45. The van der Waals surface area contributed by atoms with Crippen LogP contribution in [-0.2, 0) is 4.79 Å². The van der Waals surface area contributed by atoms with Crippen molar-refractivity contribution >= 4 is 5.78 Å². The van der Waals surface area contributed by atoms with Gasteiger partial charge < -0.3 is 0 Å². The predicted octanol–water partition coefficient (Wildman–Crippen LogP) is 2.23. The third-order valence-corrected chi connectivity index (χ3v) is 4.73. The second kappa shape index (κ2) is 3.89. The molecule has 2 saturated carbocycles. The monoisotopic (exact) mass is 207 g/mol. The summed E-state index contributed by atoms with van der Waals surface area (Å²) >= 11 is 0. The van der Waals surface area contributed by atoms with Crippen molar-refractivity contribution in [1.29, 1.82) is 0 Å². The number of hydrogen-bond acceptors (Lipinski definition) is 2. The topological polar surface area (TPSA) is 20.3 Å². The Hall–Kier alpha value is -0.370. The molecule has 1 aliphatic heterocycles. The summed E-state index contributed by atoms with van der Waals surface area (Å²) in [6, 6.07) is 0.608. The number of fused-ring (bicyclic) bond motifs is 1. The number of carbonyl (C=O) groups excluding carboxylic acids is 1. The minimum absolute atomic E-state index is 0.503. The lowest BCUT2D eigenvalue weighted by atomic mass is 9.93. The van der Waals surface area contributed by atoms with Gasteiger partial charge in [-0.15, -0.1) is 0 Å². The number of carbonyl (C=O) groups is 1. The Morgan fingerprint density at radius 1 is 1.00 bits per heavy atom. The molecule has 3 unspecified atom stereocenters. The van der Waals surface area contributed by atoms with E-state index in [9.17, 15) is 4.79 Å². The van der Waals surface area contributed by atoms with Crippen LogP contribution in [0.1, 0.15) is 44.9 Å². The zero-order valence-corrected chi connectivity index (χ0v) is 9.45. The van der Waals surface area contributed by atoms with Gasteiger partial charge in [-0.2, -0.15) is 0 Å². The molecule has 84 valence electrons. The molecule has 3 rings (SSSR count). The first kappa shape index (κ1) is 9.83. The molecule has 0 N–H and O–H groups in total. The minimum Gasteiger partial charge on any atom is -0.300 e. The number of nitrogens with zero attached hydrogens (tertiary/aromatic N) is 1. The van der Waals surface area contributed by atoms with Crippen molar-refractivity contribution < 1.29 is 4.79 Å². The Balaban J connectivity index is 1.61. The van der Waals surface area contributed by atoms with Gasteiger partial charge in [0.25, 0.3) is 0 Å². The van der Waals surface area contributed by atoms with E-state index in [1.807, 2.05) is 0 Å². The quantitative estimate of drug-likeness (QED) is 0.657. The highest BCUT2D eigenvalue weighted by Crippen LogP contribution is 2.39. The Morgan fingerprint density at radius 2 is 1.73 bits per heavy atom. The van der Waals surface area contributed by atoms with Gasteiger partial charge in [0.1, 0.15) is 5.78 Å². The summed E-state index contributed by atoms with van der Waals surface area (Å²) in [6.45, 7) is 2.59. The highest BCUT2D eigenvalue weighted by Gasteiger charge is 2.39. The van der Waals surface area contributed by atoms with E-state index < -0.39 is 0 Å². The Labute approximate surface area is 92.0 Å². The van der Waals surface area contributed by atoms with Crippen molar-refractivity contribution in [2.45, 2.75) is 51.0 Å². The van der Waals surface area contributed by atoms with E-state index in [0.29, 0.717) is 11.8 Å². The fourth-order valence-electron chi connectivity index (χ4n) is 3.88. The standard InChI is InChI=1S/C13H21NO/c15-13-6-2-5-12(7-13)14-8-10-3-1-4-11(10)9-14/h10-12H,1-9H2. The molecule has 3 aliphatic rings. The van der Waals surface area contributed by atoms with Gasteiger partial charge in [-0.1, -0.05) is 6.42 Å². The summed E-state index contributed by atoms with van der Waals surface area (Å²) in [7, 11) is 0. The molecule has 0 bridgehead atoms. The van der Waals surface area contributed by atoms with Gasteiger partial charge in [0, 0.05) is 32.0 Å². The molecule has 0 spiro atoms. The lowest BCUT2D eigenvalue weighted by Crippen LogP contribution is -2.38. The lowest BCUT2D eigenvalue weighted by molar-refractivity contribution is -0.121. The van der Waals surface area contributed by atoms with Crippen LogP contribution in [0.4, 0.5) is 0 Å². The van der Waals surface area contributed by atoms with Crippen LogP contribution in [0.25, 0.3) is 0 Å². The van der Waals surface area contributed by atoms with Gasteiger partial charge in [-0.25, -0.2) is 0 Å². The first-order valence-corrected chi connectivity index (χ1v) is 6.58. The summed E-state index contributed by atoms with van der Waals surface area (Å²) in [6.07, 6.45) is 8.44. The SMILES string of the molecule is O=C1CCCC(N2CC3CCCC3C2)C1. The van der Waals surface area contributed by atoms with Crippen molar-refractivity contribution in [3.8, 4) is 0 Å². The summed E-state index contributed by atoms with van der Waals surface area (Å²) < 4.78 is 0.